The first-order chi connectivity index (χ1) is 13.2. The highest BCUT2D eigenvalue weighted by Crippen LogP contribution is 2.16. The molecule has 1 aromatic heterocycles. The maximum atomic E-state index is 12.0. The minimum Gasteiger partial charge on any atom is -0.497 e. The Hall–Kier alpha value is -3.35. The average molecular weight is 367 g/mol. The molecule has 140 valence electrons. The van der Waals surface area contributed by atoms with Crippen molar-refractivity contribution in [2.45, 2.75) is 12.8 Å². The lowest BCUT2D eigenvalue weighted by Crippen LogP contribution is -2.28. The predicted octanol–water partition coefficient (Wildman–Crippen LogP) is 2.67. The molecule has 27 heavy (non-hydrogen) atoms. The van der Waals surface area contributed by atoms with Crippen LogP contribution in [-0.2, 0) is 12.8 Å². The van der Waals surface area contributed by atoms with Crippen molar-refractivity contribution >= 4 is 5.91 Å². The van der Waals surface area contributed by atoms with Crippen LogP contribution < -0.4 is 14.8 Å². The lowest BCUT2D eigenvalue weighted by molar-refractivity contribution is 0.0910. The van der Waals surface area contributed by atoms with Crippen molar-refractivity contribution in [1.82, 2.24) is 15.5 Å². The summed E-state index contributed by atoms with van der Waals surface area (Å²) in [4.78, 5) is 12.0. The second kappa shape index (κ2) is 9.38. The molecule has 1 N–H and O–H groups in total. The first kappa shape index (κ1) is 18.4. The lowest BCUT2D eigenvalue weighted by atomic mass is 10.1. The van der Waals surface area contributed by atoms with Gasteiger partial charge in [0.1, 0.15) is 18.1 Å². The molecule has 1 amide bonds. The summed E-state index contributed by atoms with van der Waals surface area (Å²) < 4.78 is 16.1. The molecular weight excluding hydrogens is 346 g/mol. The molecule has 7 nitrogen and oxygen atoms in total. The smallest absolute Gasteiger partial charge is 0.308 e. The normalized spacial score (nSPS) is 10.4. The van der Waals surface area contributed by atoms with Gasteiger partial charge in [-0.3, -0.25) is 4.79 Å². The Bertz CT molecular complexity index is 847. The summed E-state index contributed by atoms with van der Waals surface area (Å²) in [5.74, 6) is 1.45. The van der Waals surface area contributed by atoms with Gasteiger partial charge < -0.3 is 19.2 Å². The second-order valence-electron chi connectivity index (χ2n) is 5.77. The predicted molar refractivity (Wildman–Crippen MR) is 99.0 cm³/mol. The molecule has 0 unspecified atom stereocenters. The largest absolute Gasteiger partial charge is 0.497 e. The third-order valence-corrected chi connectivity index (χ3v) is 3.85. The first-order valence-corrected chi connectivity index (χ1v) is 8.66. The monoisotopic (exact) mass is 367 g/mol. The van der Waals surface area contributed by atoms with Crippen LogP contribution >= 0.6 is 0 Å². The Balaban J connectivity index is 1.39. The topological polar surface area (TPSA) is 86.5 Å². The number of carbonyl (C=O) groups excluding carboxylic acids is 1. The Morgan fingerprint density at radius 2 is 1.74 bits per heavy atom. The SMILES string of the molecule is COc1ccc(OCCNC(=O)c2nnc(CCc3ccccc3)o2)cc1. The number of nitrogens with zero attached hydrogens (tertiary/aromatic N) is 2. The van der Waals surface area contributed by atoms with E-state index < -0.39 is 5.91 Å². The van der Waals surface area contributed by atoms with E-state index >= 15 is 0 Å². The molecule has 3 rings (SSSR count). The van der Waals surface area contributed by atoms with Gasteiger partial charge in [-0.15, -0.1) is 10.2 Å². The van der Waals surface area contributed by atoms with E-state index in [0.29, 0.717) is 31.2 Å². The van der Waals surface area contributed by atoms with Gasteiger partial charge in [0, 0.05) is 6.42 Å². The van der Waals surface area contributed by atoms with Crippen molar-refractivity contribution in [3.8, 4) is 11.5 Å². The van der Waals surface area contributed by atoms with Crippen LogP contribution in [0.1, 0.15) is 22.1 Å². The van der Waals surface area contributed by atoms with Crippen LogP contribution in [0.15, 0.2) is 59.0 Å². The second-order valence-corrected chi connectivity index (χ2v) is 5.77. The third-order valence-electron chi connectivity index (χ3n) is 3.85. The van der Waals surface area contributed by atoms with Crippen LogP contribution in [0.5, 0.6) is 11.5 Å². The van der Waals surface area contributed by atoms with E-state index in [1.165, 1.54) is 5.56 Å². The molecule has 0 aliphatic carbocycles. The fraction of sp³-hybridized carbons (Fsp3) is 0.250. The van der Waals surface area contributed by atoms with Crippen LogP contribution in [0.25, 0.3) is 0 Å². The summed E-state index contributed by atoms with van der Waals surface area (Å²) in [5, 5.41) is 10.4. The number of nitrogens with one attached hydrogen (secondary N) is 1. The molecule has 0 spiro atoms. The highest BCUT2D eigenvalue weighted by atomic mass is 16.5. The summed E-state index contributed by atoms with van der Waals surface area (Å²) in [6, 6.07) is 17.2. The zero-order chi connectivity index (χ0) is 18.9. The lowest BCUT2D eigenvalue weighted by Gasteiger charge is -2.07. The van der Waals surface area contributed by atoms with E-state index in [1.807, 2.05) is 42.5 Å². The summed E-state index contributed by atoms with van der Waals surface area (Å²) in [7, 11) is 1.61. The maximum Gasteiger partial charge on any atom is 0.308 e. The fourth-order valence-electron chi connectivity index (χ4n) is 2.42. The number of aryl methyl sites for hydroxylation is 2. The Morgan fingerprint density at radius 3 is 2.48 bits per heavy atom. The number of rotatable bonds is 9. The van der Waals surface area contributed by atoms with Crippen molar-refractivity contribution < 1.29 is 18.7 Å². The summed E-state index contributed by atoms with van der Waals surface area (Å²) in [5.41, 5.74) is 1.18. The number of benzene rings is 2. The number of aromatic nitrogens is 2. The van der Waals surface area contributed by atoms with Gasteiger partial charge in [0.15, 0.2) is 0 Å². The van der Waals surface area contributed by atoms with Crippen LogP contribution in [0.4, 0.5) is 0 Å². The standard InChI is InChI=1S/C20H21N3O4/c1-25-16-8-10-17(11-9-16)26-14-13-21-19(24)20-23-22-18(27-20)12-7-15-5-3-2-4-6-15/h2-6,8-11H,7,12-14H2,1H3,(H,21,24). The minimum absolute atomic E-state index is 0.0393. The van der Waals surface area contributed by atoms with Gasteiger partial charge in [0.2, 0.25) is 5.89 Å². The van der Waals surface area contributed by atoms with E-state index in [2.05, 4.69) is 15.5 Å². The van der Waals surface area contributed by atoms with Crippen molar-refractivity contribution in [2.75, 3.05) is 20.3 Å². The van der Waals surface area contributed by atoms with Crippen molar-refractivity contribution in [3.05, 3.63) is 71.9 Å². The van der Waals surface area contributed by atoms with Gasteiger partial charge in [0.25, 0.3) is 0 Å². The Kier molecular flexibility index (Phi) is 6.40. The number of carbonyl (C=O) groups is 1. The van der Waals surface area contributed by atoms with Crippen molar-refractivity contribution in [3.63, 3.8) is 0 Å². The van der Waals surface area contributed by atoms with E-state index in [0.717, 1.165) is 12.2 Å². The quantitative estimate of drug-likeness (QED) is 0.585. The fourth-order valence-corrected chi connectivity index (χ4v) is 2.42. The Labute approximate surface area is 157 Å². The van der Waals surface area contributed by atoms with Crippen molar-refractivity contribution in [2.24, 2.45) is 0 Å². The zero-order valence-electron chi connectivity index (χ0n) is 15.1. The van der Waals surface area contributed by atoms with E-state index in [-0.39, 0.29) is 5.89 Å². The number of methoxy groups -OCH3 is 1. The summed E-state index contributed by atoms with van der Waals surface area (Å²) in [6.07, 6.45) is 1.37. The number of hydrogen-bond donors (Lipinski definition) is 1. The molecular formula is C20H21N3O4. The molecule has 0 aliphatic heterocycles. The van der Waals surface area contributed by atoms with Gasteiger partial charge in [-0.1, -0.05) is 30.3 Å². The molecule has 7 heteroatoms. The molecule has 0 saturated carbocycles. The molecule has 0 bridgehead atoms. The molecule has 0 atom stereocenters. The van der Waals surface area contributed by atoms with Crippen LogP contribution in [0.2, 0.25) is 0 Å². The highest BCUT2D eigenvalue weighted by Gasteiger charge is 2.14. The molecule has 0 fully saturated rings. The third kappa shape index (κ3) is 5.57. The summed E-state index contributed by atoms with van der Waals surface area (Å²) >= 11 is 0. The number of amides is 1. The van der Waals surface area contributed by atoms with Crippen molar-refractivity contribution in [1.29, 1.82) is 0 Å². The van der Waals surface area contributed by atoms with E-state index in [4.69, 9.17) is 13.9 Å². The Morgan fingerprint density at radius 1 is 1.00 bits per heavy atom. The van der Waals surface area contributed by atoms with Gasteiger partial charge in [-0.05, 0) is 36.2 Å². The van der Waals surface area contributed by atoms with Gasteiger partial charge in [-0.25, -0.2) is 0 Å². The molecule has 2 aromatic carbocycles. The summed E-state index contributed by atoms with van der Waals surface area (Å²) in [6.45, 7) is 0.652. The molecule has 0 radical (unpaired) electrons. The molecule has 3 aromatic rings. The number of hydrogen-bond acceptors (Lipinski definition) is 6. The average Bonchev–Trinajstić information content (AvgIpc) is 3.20. The van der Waals surface area contributed by atoms with Gasteiger partial charge >= 0.3 is 11.8 Å². The number of ether oxygens (including phenoxy) is 2. The first-order valence-electron chi connectivity index (χ1n) is 8.66. The van der Waals surface area contributed by atoms with E-state index in [1.54, 1.807) is 19.2 Å². The molecule has 0 saturated heterocycles. The maximum absolute atomic E-state index is 12.0. The minimum atomic E-state index is -0.410. The van der Waals surface area contributed by atoms with Crippen LogP contribution in [0, 0.1) is 0 Å². The van der Waals surface area contributed by atoms with Gasteiger partial charge in [0.05, 0.1) is 13.7 Å². The molecule has 0 aliphatic rings. The van der Waals surface area contributed by atoms with Crippen LogP contribution in [-0.4, -0.2) is 36.4 Å². The highest BCUT2D eigenvalue weighted by molar-refractivity contribution is 5.89. The van der Waals surface area contributed by atoms with Crippen LogP contribution in [0.3, 0.4) is 0 Å². The van der Waals surface area contributed by atoms with E-state index in [9.17, 15) is 4.79 Å². The molecule has 1 heterocycles. The zero-order valence-corrected chi connectivity index (χ0v) is 15.1. The van der Waals surface area contributed by atoms with Gasteiger partial charge in [-0.2, -0.15) is 0 Å².